The Morgan fingerprint density at radius 1 is 1.62 bits per heavy atom. The van der Waals surface area contributed by atoms with Crippen LogP contribution in [0.4, 0.5) is 4.79 Å². The van der Waals surface area contributed by atoms with Crippen molar-refractivity contribution in [3.8, 4) is 0 Å². The van der Waals surface area contributed by atoms with E-state index in [1.165, 1.54) is 0 Å². The summed E-state index contributed by atoms with van der Waals surface area (Å²) >= 11 is 0. The second kappa shape index (κ2) is 3.64. The fraction of sp³-hybridized carbons (Fsp3) is 0.700. The van der Waals surface area contributed by atoms with Gasteiger partial charge in [-0.2, -0.15) is 0 Å². The minimum absolute atomic E-state index is 0.0571. The molecular weight excluding hydrogens is 214 g/mol. The van der Waals surface area contributed by atoms with Crippen LogP contribution in [0.15, 0.2) is 11.5 Å². The van der Waals surface area contributed by atoms with Gasteiger partial charge in [-0.25, -0.2) is 4.79 Å². The maximum atomic E-state index is 10.6. The van der Waals surface area contributed by atoms with Crippen LogP contribution in [0.25, 0.3) is 0 Å². The molecule has 90 valence electrons. The van der Waals surface area contributed by atoms with Crippen molar-refractivity contribution in [1.82, 2.24) is 5.32 Å². The van der Waals surface area contributed by atoms with E-state index in [1.54, 1.807) is 13.8 Å². The van der Waals surface area contributed by atoms with Gasteiger partial charge >= 0.3 is 6.09 Å². The summed E-state index contributed by atoms with van der Waals surface area (Å²) in [5, 5.41) is 20.2. The van der Waals surface area contributed by atoms with E-state index in [0.29, 0.717) is 17.9 Å². The largest absolute Gasteiger partial charge is 0.465 e. The fourth-order valence-corrected chi connectivity index (χ4v) is 2.12. The summed E-state index contributed by atoms with van der Waals surface area (Å²) < 4.78 is 11.2. The average molecular weight is 229 g/mol. The molecule has 1 saturated heterocycles. The van der Waals surface area contributed by atoms with Gasteiger partial charge in [0.2, 0.25) is 5.79 Å². The van der Waals surface area contributed by atoms with Crippen molar-refractivity contribution in [2.75, 3.05) is 6.61 Å². The van der Waals surface area contributed by atoms with Gasteiger partial charge in [0, 0.05) is 26.4 Å². The molecule has 0 aromatic heterocycles. The molecule has 0 spiro atoms. The molecule has 16 heavy (non-hydrogen) atoms. The molecule has 1 amide bonds. The zero-order valence-corrected chi connectivity index (χ0v) is 9.19. The molecule has 0 unspecified atom stereocenters. The summed E-state index contributed by atoms with van der Waals surface area (Å²) in [7, 11) is 0. The monoisotopic (exact) mass is 229 g/mol. The molecule has 1 fully saturated rings. The van der Waals surface area contributed by atoms with Crippen LogP contribution in [-0.2, 0) is 9.47 Å². The molecule has 0 radical (unpaired) electrons. The van der Waals surface area contributed by atoms with Crippen molar-refractivity contribution < 1.29 is 24.5 Å². The number of aliphatic hydroxyl groups excluding tert-OH is 1. The summed E-state index contributed by atoms with van der Waals surface area (Å²) in [6, 6.07) is 0. The van der Waals surface area contributed by atoms with Gasteiger partial charge in [-0.3, -0.25) is 5.32 Å². The zero-order chi connectivity index (χ0) is 11.9. The normalized spacial score (nSPS) is 31.2. The lowest BCUT2D eigenvalue weighted by atomic mass is 10.1. The highest BCUT2D eigenvalue weighted by atomic mass is 16.7. The Morgan fingerprint density at radius 3 is 2.88 bits per heavy atom. The molecule has 1 aliphatic heterocycles. The first kappa shape index (κ1) is 11.2. The summed E-state index contributed by atoms with van der Waals surface area (Å²) in [6.45, 7) is 3.45. The number of amides is 1. The van der Waals surface area contributed by atoms with Crippen LogP contribution in [0.3, 0.4) is 0 Å². The van der Waals surface area contributed by atoms with Crippen LogP contribution in [0.1, 0.15) is 20.3 Å². The topological polar surface area (TPSA) is 88.0 Å². The molecule has 0 saturated carbocycles. The van der Waals surface area contributed by atoms with Gasteiger partial charge in [-0.05, 0) is 6.42 Å². The predicted molar refractivity (Wildman–Crippen MR) is 53.4 cm³/mol. The maximum Gasteiger partial charge on any atom is 0.409 e. The molecule has 1 heterocycles. The third-order valence-corrected chi connectivity index (χ3v) is 2.71. The average Bonchev–Trinajstić information content (AvgIpc) is 2.60. The Bertz CT molecular complexity index is 349. The van der Waals surface area contributed by atoms with E-state index in [1.807, 2.05) is 0 Å². The van der Waals surface area contributed by atoms with Crippen molar-refractivity contribution in [1.29, 1.82) is 0 Å². The van der Waals surface area contributed by atoms with Crippen LogP contribution < -0.4 is 5.32 Å². The Hall–Kier alpha value is -1.27. The highest BCUT2D eigenvalue weighted by molar-refractivity contribution is 5.67. The number of carboxylic acid groups (broad SMARTS) is 1. The number of hydrogen-bond acceptors (Lipinski definition) is 4. The summed E-state index contributed by atoms with van der Waals surface area (Å²) in [5.41, 5.74) is 0.488. The first-order valence-corrected chi connectivity index (χ1v) is 5.13. The molecule has 1 aliphatic carbocycles. The number of carbonyl (C=O) groups is 1. The van der Waals surface area contributed by atoms with Gasteiger partial charge in [0.1, 0.15) is 11.9 Å². The predicted octanol–water partition coefficient (Wildman–Crippen LogP) is 0.629. The van der Waals surface area contributed by atoms with Crippen molar-refractivity contribution in [3.05, 3.63) is 11.5 Å². The second-order valence-corrected chi connectivity index (χ2v) is 4.46. The Kier molecular flexibility index (Phi) is 2.55. The molecule has 0 aromatic rings. The third-order valence-electron chi connectivity index (χ3n) is 2.71. The lowest BCUT2D eigenvalue weighted by Crippen LogP contribution is -2.27. The van der Waals surface area contributed by atoms with E-state index in [2.05, 4.69) is 5.32 Å². The first-order chi connectivity index (χ1) is 7.43. The number of ether oxygens (including phenoxy) is 2. The molecule has 3 N–H and O–H groups in total. The van der Waals surface area contributed by atoms with E-state index < -0.39 is 11.9 Å². The van der Waals surface area contributed by atoms with E-state index in [-0.39, 0.29) is 18.6 Å². The second-order valence-electron chi connectivity index (χ2n) is 4.46. The van der Waals surface area contributed by atoms with E-state index in [9.17, 15) is 9.90 Å². The Labute approximate surface area is 92.8 Å². The zero-order valence-electron chi connectivity index (χ0n) is 9.19. The highest BCUT2D eigenvalue weighted by Gasteiger charge is 2.48. The first-order valence-electron chi connectivity index (χ1n) is 5.13. The highest BCUT2D eigenvalue weighted by Crippen LogP contribution is 2.43. The van der Waals surface area contributed by atoms with E-state index in [4.69, 9.17) is 14.6 Å². The van der Waals surface area contributed by atoms with Gasteiger partial charge < -0.3 is 19.7 Å². The minimum Gasteiger partial charge on any atom is -0.465 e. The molecule has 6 nitrogen and oxygen atoms in total. The van der Waals surface area contributed by atoms with Gasteiger partial charge in [0.15, 0.2) is 0 Å². The summed E-state index contributed by atoms with van der Waals surface area (Å²) in [4.78, 5) is 10.6. The lowest BCUT2D eigenvalue weighted by Gasteiger charge is -2.20. The Balaban J connectivity index is 2.23. The summed E-state index contributed by atoms with van der Waals surface area (Å²) in [5.74, 6) is -0.399. The van der Waals surface area contributed by atoms with Gasteiger partial charge in [-0.15, -0.1) is 0 Å². The van der Waals surface area contributed by atoms with Crippen LogP contribution in [0.5, 0.6) is 0 Å². The number of allylic oxidation sites excluding steroid dienone is 1. The minimum atomic E-state index is -1.13. The van der Waals surface area contributed by atoms with Crippen LogP contribution in [0, 0.1) is 5.92 Å². The quantitative estimate of drug-likeness (QED) is 0.646. The number of fused-ring (bicyclic) bond motifs is 1. The van der Waals surface area contributed by atoms with Crippen molar-refractivity contribution in [2.24, 2.45) is 5.92 Å². The third kappa shape index (κ3) is 1.85. The molecule has 0 bridgehead atoms. The smallest absolute Gasteiger partial charge is 0.409 e. The molecule has 0 aromatic carbocycles. The number of hydrogen-bond donors (Lipinski definition) is 3. The lowest BCUT2D eigenvalue weighted by molar-refractivity contribution is -0.144. The number of rotatable bonds is 2. The maximum absolute atomic E-state index is 10.6. The number of nitrogens with one attached hydrogen (secondary N) is 1. The molecule has 2 rings (SSSR count). The van der Waals surface area contributed by atoms with Crippen LogP contribution >= 0.6 is 0 Å². The Morgan fingerprint density at radius 2 is 2.31 bits per heavy atom. The number of aliphatic hydroxyl groups is 1. The van der Waals surface area contributed by atoms with Crippen LogP contribution in [-0.4, -0.2) is 34.8 Å². The fourth-order valence-electron chi connectivity index (χ4n) is 2.12. The van der Waals surface area contributed by atoms with E-state index in [0.717, 1.165) is 0 Å². The SMILES string of the molecule is CC1(C)OC2=C(NC(=O)O)C[C@H](CO)[C@H]2O1. The standard InChI is InChI=1S/C10H15NO5/c1-10(2)15-7-5(4-12)3-6(8(7)16-10)11-9(13)14/h5,7,11-12H,3-4H2,1-2H3,(H,13,14)/t5-,7-/m1/s1. The van der Waals surface area contributed by atoms with Crippen LogP contribution in [0.2, 0.25) is 0 Å². The molecule has 2 aliphatic rings. The van der Waals surface area contributed by atoms with Gasteiger partial charge in [-0.1, -0.05) is 0 Å². The molecule has 2 atom stereocenters. The van der Waals surface area contributed by atoms with Crippen molar-refractivity contribution in [3.63, 3.8) is 0 Å². The molecular formula is C10H15NO5. The summed E-state index contributed by atoms with van der Waals surface area (Å²) in [6.07, 6.45) is -1.05. The van der Waals surface area contributed by atoms with E-state index >= 15 is 0 Å². The molecule has 6 heteroatoms. The van der Waals surface area contributed by atoms with Gasteiger partial charge in [0.05, 0.1) is 5.70 Å². The van der Waals surface area contributed by atoms with Crippen molar-refractivity contribution in [2.45, 2.75) is 32.2 Å². The van der Waals surface area contributed by atoms with Gasteiger partial charge in [0.25, 0.3) is 0 Å². The van der Waals surface area contributed by atoms with Crippen molar-refractivity contribution >= 4 is 6.09 Å².